The van der Waals surface area contributed by atoms with Crippen molar-refractivity contribution in [2.24, 2.45) is 5.92 Å². The minimum atomic E-state index is -3.53. The van der Waals surface area contributed by atoms with Gasteiger partial charge in [0.25, 0.3) is 5.91 Å². The summed E-state index contributed by atoms with van der Waals surface area (Å²) in [5.74, 6) is 0.575. The predicted molar refractivity (Wildman–Crippen MR) is 93.3 cm³/mol. The topological polar surface area (TPSA) is 66.5 Å². The van der Waals surface area contributed by atoms with Gasteiger partial charge in [-0.3, -0.25) is 4.79 Å². The molecule has 1 atom stereocenters. The van der Waals surface area contributed by atoms with Crippen LogP contribution in [-0.4, -0.2) is 38.9 Å². The number of nitrogens with one attached hydrogen (secondary N) is 1. The van der Waals surface area contributed by atoms with E-state index in [9.17, 15) is 13.2 Å². The number of likely N-dealkylation sites (tertiary alicyclic amines) is 1. The van der Waals surface area contributed by atoms with Gasteiger partial charge in [-0.1, -0.05) is 25.3 Å². The lowest BCUT2D eigenvalue weighted by atomic mass is 9.83. The molecule has 1 N–H and O–H groups in total. The molecule has 1 amide bonds. The Hall–Kier alpha value is -1.40. The van der Waals surface area contributed by atoms with E-state index in [1.807, 2.05) is 4.90 Å². The Morgan fingerprint density at radius 1 is 1.12 bits per heavy atom. The maximum Gasteiger partial charge on any atom is 0.254 e. The molecule has 0 spiro atoms. The standard InChI is InChI=1S/C18H26N2O3S/c1-19-24(22,23)16-10-5-9-15(13-16)18(21)20-12-6-11-17(20)14-7-3-2-4-8-14/h5,9-10,13-14,17,19H,2-4,6-8,11-12H2,1H3. The van der Waals surface area contributed by atoms with Gasteiger partial charge in [0, 0.05) is 18.2 Å². The van der Waals surface area contributed by atoms with Crippen LogP contribution in [0.4, 0.5) is 0 Å². The summed E-state index contributed by atoms with van der Waals surface area (Å²) in [5.41, 5.74) is 0.467. The lowest BCUT2D eigenvalue weighted by molar-refractivity contribution is 0.0661. The Morgan fingerprint density at radius 3 is 2.58 bits per heavy atom. The molecule has 1 aliphatic carbocycles. The average molecular weight is 350 g/mol. The van der Waals surface area contributed by atoms with Crippen LogP contribution in [0.5, 0.6) is 0 Å². The predicted octanol–water partition coefficient (Wildman–Crippen LogP) is 2.78. The molecule has 1 aromatic carbocycles. The van der Waals surface area contributed by atoms with Gasteiger partial charge in [0.05, 0.1) is 4.90 Å². The lowest BCUT2D eigenvalue weighted by Gasteiger charge is -2.34. The summed E-state index contributed by atoms with van der Waals surface area (Å²) < 4.78 is 26.2. The fraction of sp³-hybridized carbons (Fsp3) is 0.611. The second-order valence-electron chi connectivity index (χ2n) is 6.84. The normalized spacial score (nSPS) is 22.7. The maximum atomic E-state index is 13.0. The summed E-state index contributed by atoms with van der Waals surface area (Å²) in [6, 6.07) is 6.69. The van der Waals surface area contributed by atoms with E-state index < -0.39 is 10.0 Å². The highest BCUT2D eigenvalue weighted by Crippen LogP contribution is 2.35. The molecule has 1 aromatic rings. The molecule has 1 aliphatic heterocycles. The molecule has 1 heterocycles. The van der Waals surface area contributed by atoms with Crippen molar-refractivity contribution in [3.05, 3.63) is 29.8 Å². The largest absolute Gasteiger partial charge is 0.335 e. The Balaban J connectivity index is 1.81. The Morgan fingerprint density at radius 2 is 1.88 bits per heavy atom. The zero-order valence-electron chi connectivity index (χ0n) is 14.2. The van der Waals surface area contributed by atoms with Crippen molar-refractivity contribution in [2.45, 2.75) is 55.9 Å². The highest BCUT2D eigenvalue weighted by molar-refractivity contribution is 7.89. The van der Waals surface area contributed by atoms with Crippen LogP contribution in [0.2, 0.25) is 0 Å². The number of rotatable bonds is 4. The Labute approximate surface area is 144 Å². The van der Waals surface area contributed by atoms with Gasteiger partial charge in [-0.2, -0.15) is 0 Å². The SMILES string of the molecule is CNS(=O)(=O)c1cccc(C(=O)N2CCCC2C2CCCCC2)c1. The first kappa shape index (κ1) is 17.4. The highest BCUT2D eigenvalue weighted by atomic mass is 32.2. The van der Waals surface area contributed by atoms with E-state index in [-0.39, 0.29) is 10.8 Å². The second kappa shape index (κ2) is 7.23. The van der Waals surface area contributed by atoms with Crippen molar-refractivity contribution in [3.8, 4) is 0 Å². The third kappa shape index (κ3) is 3.49. The van der Waals surface area contributed by atoms with Crippen LogP contribution in [0.3, 0.4) is 0 Å². The van der Waals surface area contributed by atoms with E-state index in [1.54, 1.807) is 12.1 Å². The van der Waals surface area contributed by atoms with Crippen molar-refractivity contribution in [2.75, 3.05) is 13.6 Å². The molecule has 2 fully saturated rings. The van der Waals surface area contributed by atoms with Gasteiger partial charge < -0.3 is 4.90 Å². The third-order valence-electron chi connectivity index (χ3n) is 5.41. The van der Waals surface area contributed by atoms with E-state index in [1.165, 1.54) is 51.3 Å². The molecular formula is C18H26N2O3S. The van der Waals surface area contributed by atoms with Crippen LogP contribution in [0.25, 0.3) is 0 Å². The van der Waals surface area contributed by atoms with Crippen LogP contribution in [0.15, 0.2) is 29.2 Å². The first-order chi connectivity index (χ1) is 11.5. The van der Waals surface area contributed by atoms with Gasteiger partial charge >= 0.3 is 0 Å². The monoisotopic (exact) mass is 350 g/mol. The van der Waals surface area contributed by atoms with Gasteiger partial charge in [-0.15, -0.1) is 0 Å². The molecule has 0 bridgehead atoms. The zero-order valence-corrected chi connectivity index (χ0v) is 15.0. The van der Waals surface area contributed by atoms with E-state index in [0.29, 0.717) is 17.5 Å². The summed E-state index contributed by atoms with van der Waals surface area (Å²) >= 11 is 0. The summed E-state index contributed by atoms with van der Waals surface area (Å²) in [7, 11) is -2.15. The fourth-order valence-corrected chi connectivity index (χ4v) is 4.91. The molecule has 1 unspecified atom stereocenters. The van der Waals surface area contributed by atoms with Gasteiger partial charge in [0.2, 0.25) is 10.0 Å². The first-order valence-corrected chi connectivity index (χ1v) is 10.4. The molecule has 1 saturated heterocycles. The molecule has 0 aromatic heterocycles. The van der Waals surface area contributed by atoms with Crippen LogP contribution in [0, 0.1) is 5.92 Å². The summed E-state index contributed by atoms with van der Waals surface area (Å²) in [5, 5.41) is 0. The number of carbonyl (C=O) groups excluding carboxylic acids is 1. The minimum absolute atomic E-state index is 0.0313. The van der Waals surface area contributed by atoms with E-state index in [4.69, 9.17) is 0 Å². The number of carbonyl (C=O) groups is 1. The Bertz CT molecular complexity index is 696. The smallest absolute Gasteiger partial charge is 0.254 e. The number of hydrogen-bond donors (Lipinski definition) is 1. The zero-order chi connectivity index (χ0) is 17.2. The number of hydrogen-bond acceptors (Lipinski definition) is 3. The molecule has 132 valence electrons. The van der Waals surface area contributed by atoms with Crippen molar-refractivity contribution in [3.63, 3.8) is 0 Å². The molecule has 2 aliphatic rings. The van der Waals surface area contributed by atoms with Crippen LogP contribution in [-0.2, 0) is 10.0 Å². The Kier molecular flexibility index (Phi) is 5.25. The molecule has 1 saturated carbocycles. The molecule has 0 radical (unpaired) electrons. The van der Waals surface area contributed by atoms with Gasteiger partial charge in [-0.25, -0.2) is 13.1 Å². The summed E-state index contributed by atoms with van der Waals surface area (Å²) in [6.45, 7) is 0.781. The van der Waals surface area contributed by atoms with Crippen LogP contribution >= 0.6 is 0 Å². The van der Waals surface area contributed by atoms with Crippen molar-refractivity contribution in [1.82, 2.24) is 9.62 Å². The number of sulfonamides is 1. The van der Waals surface area contributed by atoms with Gasteiger partial charge in [-0.05, 0) is 56.8 Å². The van der Waals surface area contributed by atoms with Crippen LogP contribution < -0.4 is 4.72 Å². The van der Waals surface area contributed by atoms with Crippen molar-refractivity contribution in [1.29, 1.82) is 0 Å². The van der Waals surface area contributed by atoms with Gasteiger partial charge in [0.1, 0.15) is 0 Å². The lowest BCUT2D eigenvalue weighted by Crippen LogP contribution is -2.40. The average Bonchev–Trinajstić information content (AvgIpc) is 3.11. The molecular weight excluding hydrogens is 324 g/mol. The first-order valence-electron chi connectivity index (χ1n) is 8.87. The maximum absolute atomic E-state index is 13.0. The fourth-order valence-electron chi connectivity index (χ4n) is 4.13. The number of amides is 1. The molecule has 5 nitrogen and oxygen atoms in total. The molecule has 6 heteroatoms. The second-order valence-corrected chi connectivity index (χ2v) is 8.73. The minimum Gasteiger partial charge on any atom is -0.335 e. The van der Waals surface area contributed by atoms with Gasteiger partial charge in [0.15, 0.2) is 0 Å². The van der Waals surface area contributed by atoms with E-state index >= 15 is 0 Å². The number of benzene rings is 1. The quantitative estimate of drug-likeness (QED) is 0.908. The molecule has 24 heavy (non-hydrogen) atoms. The van der Waals surface area contributed by atoms with Crippen molar-refractivity contribution < 1.29 is 13.2 Å². The molecule has 3 rings (SSSR count). The summed E-state index contributed by atoms with van der Waals surface area (Å²) in [6.07, 6.45) is 8.37. The van der Waals surface area contributed by atoms with Crippen molar-refractivity contribution >= 4 is 15.9 Å². The highest BCUT2D eigenvalue weighted by Gasteiger charge is 2.35. The number of nitrogens with zero attached hydrogens (tertiary/aromatic N) is 1. The van der Waals surface area contributed by atoms with Crippen LogP contribution in [0.1, 0.15) is 55.3 Å². The third-order valence-corrected chi connectivity index (χ3v) is 6.83. The van der Waals surface area contributed by atoms with E-state index in [2.05, 4.69) is 4.72 Å². The summed E-state index contributed by atoms with van der Waals surface area (Å²) in [4.78, 5) is 15.1. The van der Waals surface area contributed by atoms with E-state index in [0.717, 1.165) is 19.4 Å².